The lowest BCUT2D eigenvalue weighted by Crippen LogP contribution is -2.33. The minimum atomic E-state index is -0.460. The van der Waals surface area contributed by atoms with Gasteiger partial charge < -0.3 is 14.2 Å². The van der Waals surface area contributed by atoms with Gasteiger partial charge in [-0.05, 0) is 30.5 Å². The van der Waals surface area contributed by atoms with E-state index in [1.54, 1.807) is 25.3 Å². The Kier molecular flexibility index (Phi) is 5.78. The molecule has 1 aromatic carbocycles. The van der Waals surface area contributed by atoms with Crippen LogP contribution >= 0.6 is 0 Å². The van der Waals surface area contributed by atoms with Crippen LogP contribution < -0.4 is 9.47 Å². The molecule has 1 aromatic rings. The van der Waals surface area contributed by atoms with Crippen molar-refractivity contribution in [3.05, 3.63) is 35.9 Å². The maximum atomic E-state index is 12.4. The van der Waals surface area contributed by atoms with Crippen LogP contribution in [-0.4, -0.2) is 43.4 Å². The fourth-order valence-electron chi connectivity index (χ4n) is 3.50. The molecule has 2 aliphatic rings. The molecule has 1 aliphatic carbocycles. The first-order valence-corrected chi connectivity index (χ1v) is 8.92. The van der Waals surface area contributed by atoms with Gasteiger partial charge in [0.15, 0.2) is 11.5 Å². The van der Waals surface area contributed by atoms with Crippen molar-refractivity contribution in [1.29, 1.82) is 0 Å². The average molecular weight is 373 g/mol. The standard InChI is InChI=1S/C20H23NO6/c1-25-16-8-7-13(11-17(16)26-2)12-27-18(22)9-10-21-19(23)14-5-3-4-6-15(14)20(21)24/h3-4,7-8,11,14-15H,5-6,9-10,12H2,1-2H3/t14-,15+. The number of allylic oxidation sites excluding steroid dienone is 2. The summed E-state index contributed by atoms with van der Waals surface area (Å²) >= 11 is 0. The number of imide groups is 1. The Morgan fingerprint density at radius 2 is 1.67 bits per heavy atom. The number of benzene rings is 1. The summed E-state index contributed by atoms with van der Waals surface area (Å²) in [5, 5.41) is 0. The van der Waals surface area contributed by atoms with Crippen LogP contribution in [-0.2, 0) is 25.7 Å². The fourth-order valence-corrected chi connectivity index (χ4v) is 3.50. The summed E-state index contributed by atoms with van der Waals surface area (Å²) in [7, 11) is 3.08. The zero-order valence-corrected chi connectivity index (χ0v) is 15.5. The zero-order valence-electron chi connectivity index (χ0n) is 15.5. The number of methoxy groups -OCH3 is 2. The van der Waals surface area contributed by atoms with Crippen LogP contribution in [0.2, 0.25) is 0 Å². The molecule has 0 bridgehead atoms. The number of ether oxygens (including phenoxy) is 3. The molecule has 2 atom stereocenters. The monoisotopic (exact) mass is 373 g/mol. The minimum absolute atomic E-state index is 0.0162. The van der Waals surface area contributed by atoms with E-state index in [1.807, 2.05) is 12.2 Å². The summed E-state index contributed by atoms with van der Waals surface area (Å²) in [6.07, 6.45) is 5.04. The van der Waals surface area contributed by atoms with Crippen molar-refractivity contribution in [1.82, 2.24) is 4.90 Å². The first-order valence-electron chi connectivity index (χ1n) is 8.92. The average Bonchev–Trinajstić information content (AvgIpc) is 2.95. The quantitative estimate of drug-likeness (QED) is 0.414. The molecule has 7 nitrogen and oxygen atoms in total. The molecule has 1 heterocycles. The van der Waals surface area contributed by atoms with E-state index in [1.165, 1.54) is 12.0 Å². The summed E-state index contributed by atoms with van der Waals surface area (Å²) in [5.74, 6) is -0.219. The third-order valence-corrected chi connectivity index (χ3v) is 4.99. The van der Waals surface area contributed by atoms with Gasteiger partial charge in [-0.25, -0.2) is 0 Å². The molecule has 0 aromatic heterocycles. The second kappa shape index (κ2) is 8.24. The molecule has 1 fully saturated rings. The van der Waals surface area contributed by atoms with E-state index < -0.39 is 5.97 Å². The Bertz CT molecular complexity index is 746. The van der Waals surface area contributed by atoms with Crippen molar-refractivity contribution in [3.8, 4) is 11.5 Å². The Labute approximate surface area is 157 Å². The van der Waals surface area contributed by atoms with Crippen LogP contribution in [0.4, 0.5) is 0 Å². The SMILES string of the molecule is COc1ccc(COC(=O)CCN2C(=O)[C@H]3CC=CC[C@H]3C2=O)cc1OC. The normalized spacial score (nSPS) is 21.2. The molecule has 1 saturated heterocycles. The Morgan fingerprint density at radius 3 is 2.26 bits per heavy atom. The zero-order chi connectivity index (χ0) is 19.4. The molecular formula is C20H23NO6. The molecule has 1 aliphatic heterocycles. The number of fused-ring (bicyclic) bond motifs is 1. The number of hydrogen-bond acceptors (Lipinski definition) is 6. The predicted molar refractivity (Wildman–Crippen MR) is 96.0 cm³/mol. The molecule has 0 spiro atoms. The van der Waals surface area contributed by atoms with Crippen molar-refractivity contribution in [2.24, 2.45) is 11.8 Å². The number of carbonyl (C=O) groups is 3. The lowest BCUT2D eigenvalue weighted by atomic mass is 9.85. The molecule has 3 rings (SSSR count). The lowest BCUT2D eigenvalue weighted by molar-refractivity contribution is -0.146. The van der Waals surface area contributed by atoms with Crippen LogP contribution in [0.15, 0.2) is 30.4 Å². The van der Waals surface area contributed by atoms with Gasteiger partial charge in [-0.1, -0.05) is 18.2 Å². The van der Waals surface area contributed by atoms with Crippen molar-refractivity contribution >= 4 is 17.8 Å². The lowest BCUT2D eigenvalue weighted by Gasteiger charge is -2.14. The molecule has 0 unspecified atom stereocenters. The first-order chi connectivity index (χ1) is 13.0. The van der Waals surface area contributed by atoms with Crippen LogP contribution in [0.25, 0.3) is 0 Å². The largest absolute Gasteiger partial charge is 0.493 e. The number of amides is 2. The Morgan fingerprint density at radius 1 is 1.04 bits per heavy atom. The van der Waals surface area contributed by atoms with E-state index in [2.05, 4.69) is 0 Å². The summed E-state index contributed by atoms with van der Waals surface area (Å²) in [6, 6.07) is 5.25. The van der Waals surface area contributed by atoms with Crippen LogP contribution in [0.5, 0.6) is 11.5 Å². The maximum absolute atomic E-state index is 12.4. The van der Waals surface area contributed by atoms with Gasteiger partial charge in [0, 0.05) is 6.54 Å². The highest BCUT2D eigenvalue weighted by atomic mass is 16.5. The highest BCUT2D eigenvalue weighted by Crippen LogP contribution is 2.35. The summed E-state index contributed by atoms with van der Waals surface area (Å²) in [5.41, 5.74) is 0.756. The molecule has 2 amide bonds. The van der Waals surface area contributed by atoms with E-state index >= 15 is 0 Å². The van der Waals surface area contributed by atoms with Crippen molar-refractivity contribution in [2.45, 2.75) is 25.9 Å². The number of esters is 1. The molecule has 0 radical (unpaired) electrons. The Balaban J connectivity index is 1.50. The molecule has 27 heavy (non-hydrogen) atoms. The van der Waals surface area contributed by atoms with E-state index in [0.717, 1.165) is 5.56 Å². The van der Waals surface area contributed by atoms with Crippen molar-refractivity contribution in [2.75, 3.05) is 20.8 Å². The van der Waals surface area contributed by atoms with Crippen molar-refractivity contribution in [3.63, 3.8) is 0 Å². The summed E-state index contributed by atoms with van der Waals surface area (Å²) < 4.78 is 15.6. The predicted octanol–water partition coefficient (Wildman–Crippen LogP) is 2.09. The van der Waals surface area contributed by atoms with Gasteiger partial charge in [0.1, 0.15) is 6.61 Å². The third kappa shape index (κ3) is 3.97. The number of likely N-dealkylation sites (tertiary alicyclic amines) is 1. The van der Waals surface area contributed by atoms with Gasteiger partial charge >= 0.3 is 5.97 Å². The van der Waals surface area contributed by atoms with Gasteiger partial charge in [-0.2, -0.15) is 0 Å². The summed E-state index contributed by atoms with van der Waals surface area (Å²) in [6.45, 7) is 0.145. The van der Waals surface area contributed by atoms with Gasteiger partial charge in [0.2, 0.25) is 11.8 Å². The fraction of sp³-hybridized carbons (Fsp3) is 0.450. The van der Waals surface area contributed by atoms with E-state index in [4.69, 9.17) is 14.2 Å². The van der Waals surface area contributed by atoms with E-state index in [-0.39, 0.29) is 43.2 Å². The number of carbonyl (C=O) groups excluding carboxylic acids is 3. The highest BCUT2D eigenvalue weighted by molar-refractivity contribution is 6.05. The molecule has 7 heteroatoms. The molecule has 0 N–H and O–H groups in total. The molecule has 0 saturated carbocycles. The van der Waals surface area contributed by atoms with Crippen LogP contribution in [0.3, 0.4) is 0 Å². The van der Waals surface area contributed by atoms with Crippen LogP contribution in [0, 0.1) is 11.8 Å². The van der Waals surface area contributed by atoms with Gasteiger partial charge in [0.25, 0.3) is 0 Å². The van der Waals surface area contributed by atoms with E-state index in [9.17, 15) is 14.4 Å². The highest BCUT2D eigenvalue weighted by Gasteiger charge is 2.46. The second-order valence-electron chi connectivity index (χ2n) is 6.58. The van der Waals surface area contributed by atoms with Crippen LogP contribution in [0.1, 0.15) is 24.8 Å². The second-order valence-corrected chi connectivity index (χ2v) is 6.58. The Hall–Kier alpha value is -2.83. The number of hydrogen-bond donors (Lipinski definition) is 0. The number of rotatable bonds is 7. The molecular weight excluding hydrogens is 350 g/mol. The van der Waals surface area contributed by atoms with Gasteiger partial charge in [-0.3, -0.25) is 19.3 Å². The number of nitrogens with zero attached hydrogens (tertiary/aromatic N) is 1. The third-order valence-electron chi connectivity index (χ3n) is 4.99. The maximum Gasteiger partial charge on any atom is 0.307 e. The van der Waals surface area contributed by atoms with Gasteiger partial charge in [-0.15, -0.1) is 0 Å². The smallest absolute Gasteiger partial charge is 0.307 e. The van der Waals surface area contributed by atoms with E-state index in [0.29, 0.717) is 24.3 Å². The topological polar surface area (TPSA) is 82.1 Å². The summed E-state index contributed by atoms with van der Waals surface area (Å²) in [4.78, 5) is 38.0. The van der Waals surface area contributed by atoms with Gasteiger partial charge in [0.05, 0.1) is 32.5 Å². The minimum Gasteiger partial charge on any atom is -0.493 e. The van der Waals surface area contributed by atoms with Crippen molar-refractivity contribution < 1.29 is 28.6 Å². The first kappa shape index (κ1) is 18.9. The molecule has 144 valence electrons.